The van der Waals surface area contributed by atoms with Crippen molar-refractivity contribution in [3.8, 4) is 0 Å². The number of fused-ring (bicyclic) bond motifs is 1. The van der Waals surface area contributed by atoms with Gasteiger partial charge in [0.1, 0.15) is 5.82 Å². The summed E-state index contributed by atoms with van der Waals surface area (Å²) in [5.74, 6) is -0.0145. The van der Waals surface area contributed by atoms with Crippen LogP contribution in [-0.2, 0) is 6.54 Å². The first-order chi connectivity index (χ1) is 10.1. The quantitative estimate of drug-likeness (QED) is 0.855. The van der Waals surface area contributed by atoms with Crippen molar-refractivity contribution < 1.29 is 9.59 Å². The molecule has 1 aromatic carbocycles. The number of amides is 2. The van der Waals surface area contributed by atoms with Gasteiger partial charge >= 0.3 is 0 Å². The van der Waals surface area contributed by atoms with Crippen LogP contribution in [0.1, 0.15) is 27.1 Å². The third-order valence-electron chi connectivity index (χ3n) is 3.36. The van der Waals surface area contributed by atoms with Crippen molar-refractivity contribution in [2.24, 2.45) is 0 Å². The molecule has 1 aromatic heterocycles. The van der Waals surface area contributed by atoms with Gasteiger partial charge < -0.3 is 5.73 Å². The summed E-state index contributed by atoms with van der Waals surface area (Å²) < 4.78 is 2.49. The molecule has 2 aromatic rings. The summed E-state index contributed by atoms with van der Waals surface area (Å²) in [6.07, 6.45) is 2.41. The standard InChI is InChI=1S/C14H13BrN4O2/c15-9-2-3-10-11(8-9)14(21)19(13(10)20)6-1-5-18-7-4-12(16)17-18/h2-4,7-8H,1,5-6H2,(H2,16,17). The van der Waals surface area contributed by atoms with E-state index in [1.807, 2.05) is 0 Å². The molecule has 0 saturated heterocycles. The van der Waals surface area contributed by atoms with Crippen LogP contribution in [0.25, 0.3) is 0 Å². The molecule has 0 aliphatic carbocycles. The van der Waals surface area contributed by atoms with Crippen molar-refractivity contribution >= 4 is 33.6 Å². The molecule has 0 spiro atoms. The van der Waals surface area contributed by atoms with Crippen LogP contribution >= 0.6 is 15.9 Å². The van der Waals surface area contributed by atoms with E-state index in [-0.39, 0.29) is 11.8 Å². The van der Waals surface area contributed by atoms with Gasteiger partial charge in [-0.25, -0.2) is 0 Å². The molecule has 21 heavy (non-hydrogen) atoms. The minimum Gasteiger partial charge on any atom is -0.382 e. The van der Waals surface area contributed by atoms with Crippen LogP contribution < -0.4 is 5.73 Å². The lowest BCUT2D eigenvalue weighted by atomic mass is 10.1. The monoisotopic (exact) mass is 348 g/mol. The normalized spacial score (nSPS) is 13.9. The second kappa shape index (κ2) is 5.33. The number of aryl methyl sites for hydroxylation is 1. The minimum absolute atomic E-state index is 0.234. The van der Waals surface area contributed by atoms with E-state index < -0.39 is 0 Å². The summed E-state index contributed by atoms with van der Waals surface area (Å²) in [6, 6.07) is 6.83. The van der Waals surface area contributed by atoms with Crippen LogP contribution in [0.15, 0.2) is 34.9 Å². The Kier molecular flexibility index (Phi) is 3.50. The zero-order valence-corrected chi connectivity index (χ0v) is 12.7. The Labute approximate surface area is 129 Å². The fourth-order valence-corrected chi connectivity index (χ4v) is 2.72. The van der Waals surface area contributed by atoms with E-state index in [1.54, 1.807) is 35.1 Å². The van der Waals surface area contributed by atoms with Gasteiger partial charge in [-0.15, -0.1) is 0 Å². The number of anilines is 1. The Hall–Kier alpha value is -2.15. The predicted octanol–water partition coefficient (Wildman–Crippen LogP) is 1.91. The molecule has 2 N–H and O–H groups in total. The first-order valence-corrected chi connectivity index (χ1v) is 7.30. The number of benzene rings is 1. The highest BCUT2D eigenvalue weighted by Gasteiger charge is 2.34. The fraction of sp³-hybridized carbons (Fsp3) is 0.214. The van der Waals surface area contributed by atoms with E-state index in [0.717, 1.165) is 4.47 Å². The number of halogens is 1. The molecule has 1 aliphatic rings. The lowest BCUT2D eigenvalue weighted by Gasteiger charge is -2.13. The van der Waals surface area contributed by atoms with Crippen molar-refractivity contribution in [1.82, 2.24) is 14.7 Å². The van der Waals surface area contributed by atoms with Gasteiger partial charge in [-0.05, 0) is 30.7 Å². The van der Waals surface area contributed by atoms with Gasteiger partial charge in [0.25, 0.3) is 11.8 Å². The molecular formula is C14H13BrN4O2. The van der Waals surface area contributed by atoms with Crippen LogP contribution in [0.4, 0.5) is 5.82 Å². The molecule has 7 heteroatoms. The largest absolute Gasteiger partial charge is 0.382 e. The van der Waals surface area contributed by atoms with Gasteiger partial charge in [-0.2, -0.15) is 5.10 Å². The zero-order chi connectivity index (χ0) is 15.0. The van der Waals surface area contributed by atoms with Gasteiger partial charge in [0.15, 0.2) is 0 Å². The second-order valence-corrected chi connectivity index (χ2v) is 5.72. The van der Waals surface area contributed by atoms with Gasteiger partial charge in [0, 0.05) is 23.8 Å². The smallest absolute Gasteiger partial charge is 0.261 e. The van der Waals surface area contributed by atoms with Crippen LogP contribution in [0, 0.1) is 0 Å². The lowest BCUT2D eigenvalue weighted by molar-refractivity contribution is 0.0650. The molecule has 6 nitrogen and oxygen atoms in total. The lowest BCUT2D eigenvalue weighted by Crippen LogP contribution is -2.31. The maximum absolute atomic E-state index is 12.2. The molecule has 0 radical (unpaired) electrons. The number of rotatable bonds is 4. The highest BCUT2D eigenvalue weighted by molar-refractivity contribution is 9.10. The van der Waals surface area contributed by atoms with Gasteiger partial charge in [0.05, 0.1) is 11.1 Å². The average Bonchev–Trinajstić information content (AvgIpc) is 2.96. The highest BCUT2D eigenvalue weighted by atomic mass is 79.9. The predicted molar refractivity (Wildman–Crippen MR) is 80.8 cm³/mol. The Morgan fingerprint density at radius 1 is 1.10 bits per heavy atom. The average molecular weight is 349 g/mol. The third kappa shape index (κ3) is 2.56. The molecule has 0 saturated carbocycles. The summed E-state index contributed by atoms with van der Waals surface area (Å²) in [5.41, 5.74) is 6.45. The SMILES string of the molecule is Nc1ccn(CCCN2C(=O)c3ccc(Br)cc3C2=O)n1. The van der Waals surface area contributed by atoms with E-state index in [1.165, 1.54) is 4.90 Å². The number of hydrogen-bond donors (Lipinski definition) is 1. The molecule has 1 aliphatic heterocycles. The molecule has 3 rings (SSSR count). The topological polar surface area (TPSA) is 81.2 Å². The third-order valence-corrected chi connectivity index (χ3v) is 3.86. The van der Waals surface area contributed by atoms with E-state index in [2.05, 4.69) is 21.0 Å². The fourth-order valence-electron chi connectivity index (χ4n) is 2.36. The molecule has 0 fully saturated rings. The van der Waals surface area contributed by atoms with Gasteiger partial charge in [-0.3, -0.25) is 19.2 Å². The molecule has 2 amide bonds. The number of hydrogen-bond acceptors (Lipinski definition) is 4. The Bertz CT molecular complexity index is 726. The number of imide groups is 1. The first-order valence-electron chi connectivity index (χ1n) is 6.51. The van der Waals surface area contributed by atoms with Crippen molar-refractivity contribution in [1.29, 1.82) is 0 Å². The van der Waals surface area contributed by atoms with Crippen LogP contribution in [0.5, 0.6) is 0 Å². The first kappa shape index (κ1) is 13.8. The zero-order valence-electron chi connectivity index (χ0n) is 11.1. The molecule has 0 unspecified atom stereocenters. The highest BCUT2D eigenvalue weighted by Crippen LogP contribution is 2.26. The molecular weight excluding hydrogens is 336 g/mol. The Morgan fingerprint density at radius 3 is 2.57 bits per heavy atom. The van der Waals surface area contributed by atoms with Crippen molar-refractivity contribution in [2.75, 3.05) is 12.3 Å². The molecule has 108 valence electrons. The van der Waals surface area contributed by atoms with E-state index in [9.17, 15) is 9.59 Å². The van der Waals surface area contributed by atoms with E-state index in [4.69, 9.17) is 5.73 Å². The number of nitrogens with two attached hydrogens (primary N) is 1. The Morgan fingerprint density at radius 2 is 1.86 bits per heavy atom. The summed E-state index contributed by atoms with van der Waals surface area (Å²) in [7, 11) is 0. The summed E-state index contributed by atoms with van der Waals surface area (Å²) in [4.78, 5) is 25.7. The molecule has 0 atom stereocenters. The number of nitrogen functional groups attached to an aromatic ring is 1. The van der Waals surface area contributed by atoms with Crippen molar-refractivity contribution in [3.63, 3.8) is 0 Å². The Balaban J connectivity index is 1.67. The van der Waals surface area contributed by atoms with Crippen LogP contribution in [-0.4, -0.2) is 33.0 Å². The van der Waals surface area contributed by atoms with Crippen molar-refractivity contribution in [2.45, 2.75) is 13.0 Å². The van der Waals surface area contributed by atoms with Crippen molar-refractivity contribution in [3.05, 3.63) is 46.1 Å². The van der Waals surface area contributed by atoms with Crippen LogP contribution in [0.2, 0.25) is 0 Å². The number of carbonyl (C=O) groups excluding carboxylic acids is 2. The number of aromatic nitrogens is 2. The summed E-state index contributed by atoms with van der Waals surface area (Å²) >= 11 is 3.31. The maximum Gasteiger partial charge on any atom is 0.261 e. The van der Waals surface area contributed by atoms with E-state index in [0.29, 0.717) is 36.5 Å². The minimum atomic E-state index is -0.240. The molecule has 2 heterocycles. The summed E-state index contributed by atoms with van der Waals surface area (Å²) in [5, 5.41) is 4.06. The van der Waals surface area contributed by atoms with Gasteiger partial charge in [-0.1, -0.05) is 15.9 Å². The number of carbonyl (C=O) groups is 2. The van der Waals surface area contributed by atoms with E-state index >= 15 is 0 Å². The summed E-state index contributed by atoms with van der Waals surface area (Å²) in [6.45, 7) is 0.970. The maximum atomic E-state index is 12.2. The molecule has 0 bridgehead atoms. The van der Waals surface area contributed by atoms with Crippen LogP contribution in [0.3, 0.4) is 0 Å². The van der Waals surface area contributed by atoms with Gasteiger partial charge in [0.2, 0.25) is 0 Å². The number of nitrogens with zero attached hydrogens (tertiary/aromatic N) is 3. The second-order valence-electron chi connectivity index (χ2n) is 4.81.